The molecule has 1 N–H and O–H groups in total. The van der Waals surface area contributed by atoms with Gasteiger partial charge < -0.3 is 9.47 Å². The lowest BCUT2D eigenvalue weighted by atomic mass is 10.1. The Morgan fingerprint density at radius 1 is 1.19 bits per heavy atom. The highest BCUT2D eigenvalue weighted by molar-refractivity contribution is 5.83. The van der Waals surface area contributed by atoms with Crippen LogP contribution in [0.25, 0.3) is 0 Å². The summed E-state index contributed by atoms with van der Waals surface area (Å²) in [6.45, 7) is 2.40. The minimum Gasteiger partial charge on any atom is -0.493 e. The Kier molecular flexibility index (Phi) is 8.65. The first-order chi connectivity index (χ1) is 14.8. The Morgan fingerprint density at radius 2 is 1.97 bits per heavy atom. The van der Waals surface area contributed by atoms with Crippen molar-refractivity contribution in [3.8, 4) is 11.5 Å². The maximum Gasteiger partial charge on any atom is 0.416 e. The zero-order chi connectivity index (χ0) is 22.9. The van der Waals surface area contributed by atoms with Crippen molar-refractivity contribution in [2.45, 2.75) is 38.8 Å². The number of nitrogens with zero attached hydrogens (tertiary/aromatic N) is 2. The summed E-state index contributed by atoms with van der Waals surface area (Å²) < 4.78 is 49.2. The lowest BCUT2D eigenvalue weighted by Gasteiger charge is -2.12. The molecule has 2 rings (SSSR count). The van der Waals surface area contributed by atoms with Gasteiger partial charge in [0.2, 0.25) is 5.75 Å². The van der Waals surface area contributed by atoms with Crippen LogP contribution in [0.3, 0.4) is 0 Å². The van der Waals surface area contributed by atoms with Crippen LogP contribution in [0.15, 0.2) is 41.5 Å². The van der Waals surface area contributed by atoms with Crippen molar-refractivity contribution in [3.63, 3.8) is 0 Å². The first-order valence-electron chi connectivity index (χ1n) is 9.71. The molecule has 0 unspecified atom stereocenters. The molecular weight excluding hydrogens is 415 g/mol. The quantitative estimate of drug-likeness (QED) is 0.200. The van der Waals surface area contributed by atoms with Gasteiger partial charge in [0.05, 0.1) is 36.1 Å². The van der Waals surface area contributed by atoms with E-state index in [-0.39, 0.29) is 22.9 Å². The van der Waals surface area contributed by atoms with Gasteiger partial charge in [-0.25, -0.2) is 0 Å². The number of hydrogen-bond donors (Lipinski definition) is 1. The van der Waals surface area contributed by atoms with E-state index in [9.17, 15) is 23.3 Å². The molecule has 0 aromatic heterocycles. The molecule has 0 saturated heterocycles. The summed E-state index contributed by atoms with van der Waals surface area (Å²) in [5.74, 6) is 0.206. The van der Waals surface area contributed by atoms with E-state index in [0.29, 0.717) is 12.2 Å². The topological polar surface area (TPSA) is 86.0 Å². The average molecular weight is 439 g/mol. The van der Waals surface area contributed by atoms with Crippen LogP contribution in [0.5, 0.6) is 11.5 Å². The highest BCUT2D eigenvalue weighted by atomic mass is 19.4. The summed E-state index contributed by atoms with van der Waals surface area (Å²) in [6, 6.07) is 7.30. The van der Waals surface area contributed by atoms with E-state index in [2.05, 4.69) is 17.5 Å². The Hall–Kier alpha value is -3.30. The number of benzene rings is 2. The standard InChI is InChI=1S/C21H24F3N3O4/c1-3-4-5-6-10-31-20-18(27(28)29)11-15(12-19(20)30-2)14-25-26-17-9-7-8-16(13-17)21(22,23)24/h7-9,11-14,26H,3-6,10H2,1-2H3. The van der Waals surface area contributed by atoms with Gasteiger partial charge in [0.1, 0.15) is 0 Å². The SMILES string of the molecule is CCCCCCOc1c(OC)cc(C=NNc2cccc(C(F)(F)F)c2)cc1[N+](=O)[O-]. The Morgan fingerprint density at radius 3 is 2.61 bits per heavy atom. The Bertz CT molecular complexity index is 917. The molecule has 0 aliphatic rings. The van der Waals surface area contributed by atoms with Crippen molar-refractivity contribution in [2.75, 3.05) is 19.1 Å². The Balaban J connectivity index is 2.17. The summed E-state index contributed by atoms with van der Waals surface area (Å²) in [5, 5.41) is 15.4. The smallest absolute Gasteiger partial charge is 0.416 e. The van der Waals surface area contributed by atoms with Crippen molar-refractivity contribution in [1.82, 2.24) is 0 Å². The number of nitrogens with one attached hydrogen (secondary N) is 1. The Labute approximate surface area is 178 Å². The highest BCUT2D eigenvalue weighted by Gasteiger charge is 2.30. The van der Waals surface area contributed by atoms with Crippen LogP contribution in [0.2, 0.25) is 0 Å². The molecule has 0 bridgehead atoms. The summed E-state index contributed by atoms with van der Waals surface area (Å²) in [6.07, 6.45) is 0.613. The van der Waals surface area contributed by atoms with E-state index in [4.69, 9.17) is 9.47 Å². The van der Waals surface area contributed by atoms with E-state index in [1.165, 1.54) is 37.6 Å². The largest absolute Gasteiger partial charge is 0.493 e. The maximum absolute atomic E-state index is 12.8. The first kappa shape index (κ1) is 24.0. The van der Waals surface area contributed by atoms with Gasteiger partial charge in [-0.15, -0.1) is 0 Å². The molecule has 0 heterocycles. The lowest BCUT2D eigenvalue weighted by Crippen LogP contribution is -2.05. The molecular formula is C21H24F3N3O4. The zero-order valence-corrected chi connectivity index (χ0v) is 17.2. The van der Waals surface area contributed by atoms with Crippen molar-refractivity contribution in [1.29, 1.82) is 0 Å². The fraction of sp³-hybridized carbons (Fsp3) is 0.381. The highest BCUT2D eigenvalue weighted by Crippen LogP contribution is 2.38. The van der Waals surface area contributed by atoms with Gasteiger partial charge in [0, 0.05) is 11.6 Å². The second-order valence-corrected chi connectivity index (χ2v) is 6.69. The normalized spacial score (nSPS) is 11.5. The molecule has 0 radical (unpaired) electrons. The van der Waals surface area contributed by atoms with Crippen LogP contribution in [-0.2, 0) is 6.18 Å². The van der Waals surface area contributed by atoms with Crippen LogP contribution in [0, 0.1) is 10.1 Å². The molecule has 10 heteroatoms. The third-order valence-corrected chi connectivity index (χ3v) is 4.32. The number of alkyl halides is 3. The van der Waals surface area contributed by atoms with E-state index in [1.807, 2.05) is 0 Å². The van der Waals surface area contributed by atoms with Gasteiger partial charge >= 0.3 is 11.9 Å². The molecule has 0 amide bonds. The second-order valence-electron chi connectivity index (χ2n) is 6.69. The molecule has 31 heavy (non-hydrogen) atoms. The van der Waals surface area contributed by atoms with Crippen LogP contribution in [0.1, 0.15) is 43.7 Å². The number of ether oxygens (including phenoxy) is 2. The number of methoxy groups -OCH3 is 1. The van der Waals surface area contributed by atoms with Gasteiger partial charge in [-0.05, 0) is 30.7 Å². The number of hydrogen-bond acceptors (Lipinski definition) is 6. The van der Waals surface area contributed by atoms with E-state index in [0.717, 1.165) is 37.8 Å². The van der Waals surface area contributed by atoms with Gasteiger partial charge in [0.25, 0.3) is 0 Å². The van der Waals surface area contributed by atoms with Gasteiger partial charge in [0.15, 0.2) is 5.75 Å². The number of nitro groups is 1. The van der Waals surface area contributed by atoms with E-state index in [1.54, 1.807) is 0 Å². The molecule has 0 spiro atoms. The van der Waals surface area contributed by atoms with Crippen LogP contribution >= 0.6 is 0 Å². The van der Waals surface area contributed by atoms with Gasteiger partial charge in [-0.1, -0.05) is 32.3 Å². The van der Waals surface area contributed by atoms with Crippen LogP contribution < -0.4 is 14.9 Å². The number of rotatable bonds is 11. The molecule has 0 aliphatic heterocycles. The van der Waals surface area contributed by atoms with Crippen molar-refractivity contribution in [3.05, 3.63) is 57.6 Å². The molecule has 0 fully saturated rings. The predicted octanol–water partition coefficient (Wildman–Crippen LogP) is 6.03. The third kappa shape index (κ3) is 7.16. The fourth-order valence-electron chi connectivity index (χ4n) is 2.76. The number of hydrazone groups is 1. The number of halogens is 3. The predicted molar refractivity (Wildman–Crippen MR) is 112 cm³/mol. The van der Waals surface area contributed by atoms with Crippen LogP contribution in [-0.4, -0.2) is 24.9 Å². The third-order valence-electron chi connectivity index (χ3n) is 4.32. The van der Waals surface area contributed by atoms with Crippen molar-refractivity contribution in [2.24, 2.45) is 5.10 Å². The molecule has 0 aliphatic carbocycles. The van der Waals surface area contributed by atoms with E-state index >= 15 is 0 Å². The van der Waals surface area contributed by atoms with E-state index < -0.39 is 16.7 Å². The molecule has 0 saturated carbocycles. The fourth-order valence-corrected chi connectivity index (χ4v) is 2.76. The molecule has 2 aromatic carbocycles. The van der Waals surface area contributed by atoms with Crippen molar-refractivity contribution < 1.29 is 27.6 Å². The summed E-state index contributed by atoms with van der Waals surface area (Å²) in [4.78, 5) is 10.9. The van der Waals surface area contributed by atoms with Crippen molar-refractivity contribution >= 4 is 17.6 Å². The van der Waals surface area contributed by atoms with Gasteiger partial charge in [-0.2, -0.15) is 18.3 Å². The summed E-state index contributed by atoms with van der Waals surface area (Å²) >= 11 is 0. The molecule has 2 aromatic rings. The number of anilines is 1. The molecule has 0 atom stereocenters. The number of nitro benzene ring substituents is 1. The summed E-state index contributed by atoms with van der Waals surface area (Å²) in [7, 11) is 1.37. The lowest BCUT2D eigenvalue weighted by molar-refractivity contribution is -0.386. The monoisotopic (exact) mass is 439 g/mol. The minimum atomic E-state index is -4.47. The summed E-state index contributed by atoms with van der Waals surface area (Å²) in [5.41, 5.74) is 1.84. The van der Waals surface area contributed by atoms with Gasteiger partial charge in [-0.3, -0.25) is 15.5 Å². The zero-order valence-electron chi connectivity index (χ0n) is 17.2. The molecule has 7 nitrogen and oxygen atoms in total. The first-order valence-corrected chi connectivity index (χ1v) is 9.71. The number of unbranched alkanes of at least 4 members (excludes halogenated alkanes) is 3. The average Bonchev–Trinajstić information content (AvgIpc) is 2.73. The maximum atomic E-state index is 12.8. The second kappa shape index (κ2) is 11.2. The molecule has 168 valence electrons. The van der Waals surface area contributed by atoms with Crippen LogP contribution in [0.4, 0.5) is 24.5 Å². The minimum absolute atomic E-state index is 0.0342.